The molecule has 1 fully saturated rings. The Morgan fingerprint density at radius 1 is 1.04 bits per heavy atom. The van der Waals surface area contributed by atoms with Crippen molar-refractivity contribution in [3.63, 3.8) is 0 Å². The standard InChI is InChI=1S/C19H19N7/c1-24-13-15(12-20-24)16-8-5-11-25(16)18-10-9-17-21-22-19(26(17)23-18)14-6-3-2-4-7-14/h2-4,6-7,9-10,12-13,16H,5,8,11H2,1H3/t16-/m1/s1. The lowest BCUT2D eigenvalue weighted by Gasteiger charge is -2.24. The molecule has 0 radical (unpaired) electrons. The van der Waals surface area contributed by atoms with E-state index < -0.39 is 0 Å². The van der Waals surface area contributed by atoms with E-state index in [1.807, 2.05) is 64.9 Å². The van der Waals surface area contributed by atoms with Gasteiger partial charge in [-0.1, -0.05) is 30.3 Å². The maximum absolute atomic E-state index is 4.87. The van der Waals surface area contributed by atoms with Crippen LogP contribution in [0.25, 0.3) is 17.0 Å². The van der Waals surface area contributed by atoms with Gasteiger partial charge in [0.05, 0.1) is 12.2 Å². The Labute approximate surface area is 150 Å². The third-order valence-electron chi connectivity index (χ3n) is 4.94. The molecule has 130 valence electrons. The van der Waals surface area contributed by atoms with E-state index in [-0.39, 0.29) is 0 Å². The zero-order chi connectivity index (χ0) is 17.5. The fourth-order valence-electron chi connectivity index (χ4n) is 3.70. The summed E-state index contributed by atoms with van der Waals surface area (Å²) in [5.41, 5.74) is 3.00. The van der Waals surface area contributed by atoms with Crippen molar-refractivity contribution in [3.8, 4) is 11.4 Å². The zero-order valence-corrected chi connectivity index (χ0v) is 14.5. The molecule has 4 heterocycles. The predicted octanol–water partition coefficient (Wildman–Crippen LogP) is 2.87. The molecular formula is C19H19N7. The molecule has 26 heavy (non-hydrogen) atoms. The molecule has 0 unspecified atom stereocenters. The number of hydrogen-bond donors (Lipinski definition) is 0. The highest BCUT2D eigenvalue weighted by Gasteiger charge is 2.28. The Morgan fingerprint density at radius 2 is 1.92 bits per heavy atom. The van der Waals surface area contributed by atoms with Gasteiger partial charge in [0.2, 0.25) is 0 Å². The molecule has 0 aliphatic carbocycles. The number of aryl methyl sites for hydroxylation is 1. The van der Waals surface area contributed by atoms with Crippen LogP contribution in [0.5, 0.6) is 0 Å². The topological polar surface area (TPSA) is 64.1 Å². The molecule has 4 aromatic rings. The molecule has 1 aromatic carbocycles. The van der Waals surface area contributed by atoms with Crippen LogP contribution in [-0.2, 0) is 7.05 Å². The van der Waals surface area contributed by atoms with Gasteiger partial charge in [-0.05, 0) is 25.0 Å². The average Bonchev–Trinajstić information content (AvgIpc) is 3.40. The van der Waals surface area contributed by atoms with Crippen LogP contribution in [0.1, 0.15) is 24.4 Å². The van der Waals surface area contributed by atoms with E-state index in [2.05, 4.69) is 26.4 Å². The van der Waals surface area contributed by atoms with Crippen LogP contribution in [0.15, 0.2) is 54.9 Å². The SMILES string of the molecule is Cn1cc([C@H]2CCCN2c2ccc3nnc(-c4ccccc4)n3n2)cn1. The first-order valence-corrected chi connectivity index (χ1v) is 8.83. The Kier molecular flexibility index (Phi) is 3.44. The maximum atomic E-state index is 4.87. The molecule has 3 aromatic heterocycles. The summed E-state index contributed by atoms with van der Waals surface area (Å²) in [5.74, 6) is 1.71. The van der Waals surface area contributed by atoms with Gasteiger partial charge in [-0.3, -0.25) is 4.68 Å². The molecule has 0 N–H and O–H groups in total. The Bertz CT molecular complexity index is 1050. The molecule has 0 saturated carbocycles. The third-order valence-corrected chi connectivity index (χ3v) is 4.94. The van der Waals surface area contributed by atoms with Crippen molar-refractivity contribution in [3.05, 3.63) is 60.4 Å². The van der Waals surface area contributed by atoms with E-state index in [1.54, 1.807) is 0 Å². The first-order chi connectivity index (χ1) is 12.8. The summed E-state index contributed by atoms with van der Waals surface area (Å²) in [6.07, 6.45) is 6.30. The molecule has 7 heteroatoms. The second kappa shape index (κ2) is 5.94. The highest BCUT2D eigenvalue weighted by atomic mass is 15.4. The fourth-order valence-corrected chi connectivity index (χ4v) is 3.70. The summed E-state index contributed by atoms with van der Waals surface area (Å²) in [5, 5.41) is 17.8. The third kappa shape index (κ3) is 2.44. The second-order valence-electron chi connectivity index (χ2n) is 6.65. The number of nitrogens with zero attached hydrogens (tertiary/aromatic N) is 7. The maximum Gasteiger partial charge on any atom is 0.185 e. The minimum atomic E-state index is 0.310. The Morgan fingerprint density at radius 3 is 2.73 bits per heavy atom. The van der Waals surface area contributed by atoms with E-state index in [0.29, 0.717) is 6.04 Å². The van der Waals surface area contributed by atoms with Gasteiger partial charge in [0.25, 0.3) is 0 Å². The first-order valence-electron chi connectivity index (χ1n) is 8.83. The van der Waals surface area contributed by atoms with Crippen LogP contribution >= 0.6 is 0 Å². The van der Waals surface area contributed by atoms with Gasteiger partial charge in [-0.2, -0.15) is 9.61 Å². The molecule has 7 nitrogen and oxygen atoms in total. The molecule has 0 amide bonds. The van der Waals surface area contributed by atoms with Crippen LogP contribution in [-0.4, -0.2) is 36.1 Å². The van der Waals surface area contributed by atoms with Gasteiger partial charge in [0.1, 0.15) is 5.82 Å². The van der Waals surface area contributed by atoms with Crippen LogP contribution in [0, 0.1) is 0 Å². The molecule has 0 bridgehead atoms. The van der Waals surface area contributed by atoms with E-state index >= 15 is 0 Å². The molecule has 1 aliphatic rings. The second-order valence-corrected chi connectivity index (χ2v) is 6.65. The summed E-state index contributed by atoms with van der Waals surface area (Å²) in [7, 11) is 1.95. The monoisotopic (exact) mass is 345 g/mol. The normalized spacial score (nSPS) is 17.3. The number of rotatable bonds is 3. The van der Waals surface area contributed by atoms with Gasteiger partial charge in [0, 0.05) is 30.9 Å². The summed E-state index contributed by atoms with van der Waals surface area (Å²) < 4.78 is 3.69. The molecule has 1 atom stereocenters. The summed E-state index contributed by atoms with van der Waals surface area (Å²) >= 11 is 0. The van der Waals surface area contributed by atoms with Crippen molar-refractivity contribution in [2.75, 3.05) is 11.4 Å². The molecule has 0 spiro atoms. The van der Waals surface area contributed by atoms with Crippen molar-refractivity contribution < 1.29 is 0 Å². The molecule has 1 saturated heterocycles. The van der Waals surface area contributed by atoms with Gasteiger partial charge < -0.3 is 4.90 Å². The number of aromatic nitrogens is 6. The number of hydrogen-bond acceptors (Lipinski definition) is 5. The van der Waals surface area contributed by atoms with E-state index in [9.17, 15) is 0 Å². The van der Waals surface area contributed by atoms with E-state index in [4.69, 9.17) is 5.10 Å². The number of benzene rings is 1. The van der Waals surface area contributed by atoms with Crippen LogP contribution in [0.4, 0.5) is 5.82 Å². The van der Waals surface area contributed by atoms with Crippen molar-refractivity contribution >= 4 is 11.5 Å². The van der Waals surface area contributed by atoms with Gasteiger partial charge in [0.15, 0.2) is 11.5 Å². The minimum Gasteiger partial charge on any atom is -0.348 e. The summed E-state index contributed by atoms with van der Waals surface area (Å²) in [4.78, 5) is 2.35. The molecule has 1 aliphatic heterocycles. The smallest absolute Gasteiger partial charge is 0.185 e. The quantitative estimate of drug-likeness (QED) is 0.571. The van der Waals surface area contributed by atoms with Crippen LogP contribution in [0.2, 0.25) is 0 Å². The summed E-state index contributed by atoms with van der Waals surface area (Å²) in [6.45, 7) is 0.987. The lowest BCUT2D eigenvalue weighted by atomic mass is 10.1. The zero-order valence-electron chi connectivity index (χ0n) is 14.5. The van der Waals surface area contributed by atoms with Crippen LogP contribution < -0.4 is 4.90 Å². The summed E-state index contributed by atoms with van der Waals surface area (Å²) in [6, 6.07) is 14.4. The lowest BCUT2D eigenvalue weighted by molar-refractivity contribution is 0.699. The van der Waals surface area contributed by atoms with Crippen molar-refractivity contribution in [2.24, 2.45) is 7.05 Å². The highest BCUT2D eigenvalue weighted by Crippen LogP contribution is 2.35. The van der Waals surface area contributed by atoms with Crippen molar-refractivity contribution in [1.29, 1.82) is 0 Å². The van der Waals surface area contributed by atoms with Crippen LogP contribution in [0.3, 0.4) is 0 Å². The van der Waals surface area contributed by atoms with Gasteiger partial charge in [-0.15, -0.1) is 15.3 Å². The lowest BCUT2D eigenvalue weighted by Crippen LogP contribution is -2.24. The average molecular weight is 345 g/mol. The van der Waals surface area contributed by atoms with E-state index in [1.165, 1.54) is 5.56 Å². The first kappa shape index (κ1) is 15.1. The van der Waals surface area contributed by atoms with Crippen molar-refractivity contribution in [2.45, 2.75) is 18.9 Å². The Balaban J connectivity index is 1.57. The molecule has 5 rings (SSSR count). The van der Waals surface area contributed by atoms with Gasteiger partial charge in [-0.25, -0.2) is 0 Å². The Hall–Kier alpha value is -3.22. The molecular weight excluding hydrogens is 326 g/mol. The largest absolute Gasteiger partial charge is 0.348 e. The van der Waals surface area contributed by atoms with E-state index in [0.717, 1.165) is 42.2 Å². The van der Waals surface area contributed by atoms with Crippen molar-refractivity contribution in [1.82, 2.24) is 29.6 Å². The number of anilines is 1. The fraction of sp³-hybridized carbons (Fsp3) is 0.263. The predicted molar refractivity (Wildman–Crippen MR) is 98.7 cm³/mol. The number of fused-ring (bicyclic) bond motifs is 1. The minimum absolute atomic E-state index is 0.310. The highest BCUT2D eigenvalue weighted by molar-refractivity contribution is 5.59. The van der Waals surface area contributed by atoms with Gasteiger partial charge >= 0.3 is 0 Å².